The number of methoxy groups -OCH3 is 1. The largest absolute Gasteiger partial charge is 0.495 e. The Labute approximate surface area is 249 Å². The number of nitrogens with one attached hydrogen (secondary N) is 2. The molecule has 4 rings (SSSR count). The standard InChI is InChI=1S/C30H36F3N5O4S/c1-29(2,3)38-13-10-21(11-14-38)36-28(39)23-15-20(16-25-27(23)35-19-37(25)18-30(31,32)33)7-6-12-34-24-17-22(43(5,40)41)8-9-26(24)42-4/h8-9,15-17,19,21,34H,10-14,18H2,1-5H3,(H,36,39). The molecule has 9 nitrogen and oxygen atoms in total. The van der Waals surface area contributed by atoms with E-state index in [0.29, 0.717) is 17.0 Å². The highest BCUT2D eigenvalue weighted by atomic mass is 32.2. The first-order valence-electron chi connectivity index (χ1n) is 13.8. The lowest BCUT2D eigenvalue weighted by molar-refractivity contribution is -0.139. The second-order valence-corrected chi connectivity index (χ2v) is 13.6. The van der Waals surface area contributed by atoms with E-state index >= 15 is 0 Å². The number of alkyl halides is 3. The van der Waals surface area contributed by atoms with Crippen molar-refractivity contribution in [2.45, 2.75) is 62.8 Å². The number of rotatable bonds is 7. The van der Waals surface area contributed by atoms with E-state index in [1.807, 2.05) is 0 Å². The van der Waals surface area contributed by atoms with Gasteiger partial charge in [0.25, 0.3) is 5.91 Å². The van der Waals surface area contributed by atoms with Gasteiger partial charge in [-0.3, -0.25) is 9.69 Å². The first-order chi connectivity index (χ1) is 20.0. The van der Waals surface area contributed by atoms with E-state index < -0.39 is 28.5 Å². The van der Waals surface area contributed by atoms with Gasteiger partial charge in [-0.15, -0.1) is 0 Å². The number of hydrogen-bond donors (Lipinski definition) is 2. The number of nitrogens with zero attached hydrogens (tertiary/aromatic N) is 3. The average molecular weight is 620 g/mol. The van der Waals surface area contributed by atoms with Crippen LogP contribution in [0.5, 0.6) is 5.75 Å². The second kappa shape index (κ2) is 12.5. The number of piperidine rings is 1. The van der Waals surface area contributed by atoms with Crippen molar-refractivity contribution in [3.63, 3.8) is 0 Å². The molecular weight excluding hydrogens is 583 g/mol. The number of fused-ring (bicyclic) bond motifs is 1. The van der Waals surface area contributed by atoms with Crippen molar-refractivity contribution < 1.29 is 31.1 Å². The SMILES string of the molecule is COc1ccc(S(C)(=O)=O)cc1NCC#Cc1cc(C(=O)NC2CCN(C(C)(C)C)CC2)c2ncn(CC(F)(F)F)c2c1. The number of anilines is 1. The molecule has 0 unspecified atom stereocenters. The number of likely N-dealkylation sites (tertiary alicyclic amines) is 1. The average Bonchev–Trinajstić information content (AvgIpc) is 3.30. The van der Waals surface area contributed by atoms with E-state index in [-0.39, 0.29) is 39.6 Å². The van der Waals surface area contributed by atoms with Crippen molar-refractivity contribution in [1.29, 1.82) is 0 Å². The number of benzene rings is 2. The molecule has 1 fully saturated rings. The Bertz CT molecular complexity index is 1660. The highest BCUT2D eigenvalue weighted by Crippen LogP contribution is 2.28. The van der Waals surface area contributed by atoms with Crippen LogP contribution in [0.4, 0.5) is 18.9 Å². The third-order valence-corrected chi connectivity index (χ3v) is 8.41. The maximum absolute atomic E-state index is 13.4. The maximum Gasteiger partial charge on any atom is 0.406 e. The minimum atomic E-state index is -4.48. The molecule has 1 amide bonds. The van der Waals surface area contributed by atoms with E-state index in [1.165, 1.54) is 37.4 Å². The van der Waals surface area contributed by atoms with Crippen molar-refractivity contribution >= 4 is 32.5 Å². The van der Waals surface area contributed by atoms with Crippen molar-refractivity contribution in [3.8, 4) is 17.6 Å². The molecule has 2 heterocycles. The Kier molecular flexibility index (Phi) is 9.32. The molecule has 1 saturated heterocycles. The molecule has 0 atom stereocenters. The number of aromatic nitrogens is 2. The molecule has 43 heavy (non-hydrogen) atoms. The fourth-order valence-corrected chi connectivity index (χ4v) is 5.67. The predicted octanol–water partition coefficient (Wildman–Crippen LogP) is 4.47. The van der Waals surface area contributed by atoms with Crippen LogP contribution in [0.25, 0.3) is 11.0 Å². The van der Waals surface area contributed by atoms with Gasteiger partial charge in [-0.05, 0) is 63.9 Å². The summed E-state index contributed by atoms with van der Waals surface area (Å²) < 4.78 is 70.0. The molecule has 2 N–H and O–H groups in total. The minimum Gasteiger partial charge on any atom is -0.495 e. The van der Waals surface area contributed by atoms with Gasteiger partial charge in [0.2, 0.25) is 0 Å². The number of carbonyl (C=O) groups is 1. The molecule has 0 radical (unpaired) electrons. The predicted molar refractivity (Wildman–Crippen MR) is 159 cm³/mol. The van der Waals surface area contributed by atoms with Crippen LogP contribution in [-0.2, 0) is 16.4 Å². The zero-order chi connectivity index (χ0) is 31.6. The van der Waals surface area contributed by atoms with Gasteiger partial charge in [0.05, 0.1) is 41.6 Å². The summed E-state index contributed by atoms with van der Waals surface area (Å²) in [5, 5.41) is 6.06. The fourth-order valence-electron chi connectivity index (χ4n) is 5.03. The molecule has 1 aliphatic heterocycles. The van der Waals surface area contributed by atoms with Gasteiger partial charge in [0, 0.05) is 36.5 Å². The molecule has 1 aliphatic rings. The lowest BCUT2D eigenvalue weighted by Crippen LogP contribution is -2.50. The topological polar surface area (TPSA) is 106 Å². The molecule has 0 spiro atoms. The molecule has 0 bridgehead atoms. The van der Waals surface area contributed by atoms with Gasteiger partial charge in [0.15, 0.2) is 9.84 Å². The number of amides is 1. The smallest absolute Gasteiger partial charge is 0.406 e. The summed E-state index contributed by atoms with van der Waals surface area (Å²) in [4.78, 5) is 20.0. The molecular formula is C30H36F3N5O4S. The van der Waals surface area contributed by atoms with Crippen LogP contribution in [0.2, 0.25) is 0 Å². The first kappa shape index (κ1) is 32.2. The zero-order valence-electron chi connectivity index (χ0n) is 24.8. The van der Waals surface area contributed by atoms with Gasteiger partial charge < -0.3 is 19.9 Å². The maximum atomic E-state index is 13.4. The zero-order valence-corrected chi connectivity index (χ0v) is 25.6. The molecule has 13 heteroatoms. The van der Waals surface area contributed by atoms with Crippen LogP contribution in [0, 0.1) is 11.8 Å². The first-order valence-corrected chi connectivity index (χ1v) is 15.7. The number of ether oxygens (including phenoxy) is 1. The Morgan fingerprint density at radius 1 is 1.14 bits per heavy atom. The van der Waals surface area contributed by atoms with Gasteiger partial charge in [0.1, 0.15) is 17.8 Å². The fraction of sp³-hybridized carbons (Fsp3) is 0.467. The highest BCUT2D eigenvalue weighted by Gasteiger charge is 2.30. The summed E-state index contributed by atoms with van der Waals surface area (Å²) >= 11 is 0. The van der Waals surface area contributed by atoms with E-state index in [9.17, 15) is 26.4 Å². The highest BCUT2D eigenvalue weighted by molar-refractivity contribution is 7.90. The molecule has 3 aromatic rings. The van der Waals surface area contributed by atoms with E-state index in [1.54, 1.807) is 0 Å². The number of sulfone groups is 1. The minimum absolute atomic E-state index is 0.0238. The Morgan fingerprint density at radius 3 is 2.44 bits per heavy atom. The second-order valence-electron chi connectivity index (χ2n) is 11.6. The monoisotopic (exact) mass is 619 g/mol. The third kappa shape index (κ3) is 8.20. The molecule has 232 valence electrons. The quantitative estimate of drug-likeness (QED) is 0.376. The van der Waals surface area contributed by atoms with Gasteiger partial charge >= 0.3 is 6.18 Å². The van der Waals surface area contributed by atoms with Gasteiger partial charge in [-0.1, -0.05) is 11.8 Å². The number of hydrogen-bond acceptors (Lipinski definition) is 7. The Hall–Kier alpha value is -3.76. The summed E-state index contributed by atoms with van der Waals surface area (Å²) in [6, 6.07) is 7.33. The third-order valence-electron chi connectivity index (χ3n) is 7.30. The van der Waals surface area contributed by atoms with Crippen LogP contribution >= 0.6 is 0 Å². The lowest BCUT2D eigenvalue weighted by Gasteiger charge is -2.41. The lowest BCUT2D eigenvalue weighted by atomic mass is 9.97. The summed E-state index contributed by atoms with van der Waals surface area (Å²) in [5.74, 6) is 5.81. The van der Waals surface area contributed by atoms with Gasteiger partial charge in [-0.2, -0.15) is 13.2 Å². The van der Waals surface area contributed by atoms with Gasteiger partial charge in [-0.25, -0.2) is 13.4 Å². The van der Waals surface area contributed by atoms with Crippen LogP contribution in [0.3, 0.4) is 0 Å². The van der Waals surface area contributed by atoms with Crippen molar-refractivity contribution in [2.75, 3.05) is 38.3 Å². The summed E-state index contributed by atoms with van der Waals surface area (Å²) in [6.45, 7) is 6.88. The van der Waals surface area contributed by atoms with E-state index in [0.717, 1.165) is 43.1 Å². The van der Waals surface area contributed by atoms with Crippen LogP contribution in [0.15, 0.2) is 41.6 Å². The molecule has 1 aromatic heterocycles. The van der Waals surface area contributed by atoms with Crippen molar-refractivity contribution in [2.24, 2.45) is 0 Å². The van der Waals surface area contributed by atoms with Crippen LogP contribution in [0.1, 0.15) is 49.5 Å². The van der Waals surface area contributed by atoms with Crippen LogP contribution < -0.4 is 15.4 Å². The summed E-state index contributed by atoms with van der Waals surface area (Å²) in [5.41, 5.74) is 1.23. The molecule has 0 aliphatic carbocycles. The van der Waals surface area contributed by atoms with E-state index in [4.69, 9.17) is 4.74 Å². The normalized spacial score (nSPS) is 15.2. The molecule has 0 saturated carbocycles. The Morgan fingerprint density at radius 2 is 1.84 bits per heavy atom. The van der Waals surface area contributed by atoms with Crippen LogP contribution in [-0.4, -0.2) is 79.5 Å². The summed E-state index contributed by atoms with van der Waals surface area (Å²) in [6.07, 6.45) is -0.799. The molecule has 2 aromatic carbocycles. The van der Waals surface area contributed by atoms with E-state index in [2.05, 4.69) is 53.1 Å². The Balaban J connectivity index is 1.59. The summed E-state index contributed by atoms with van der Waals surface area (Å²) in [7, 11) is -2.00. The number of imidazole rings is 1. The van der Waals surface area contributed by atoms with Crippen molar-refractivity contribution in [1.82, 2.24) is 19.8 Å². The van der Waals surface area contributed by atoms with Crippen molar-refractivity contribution in [3.05, 3.63) is 47.8 Å². The number of carbonyl (C=O) groups excluding carboxylic acids is 1. The number of halogens is 3.